The molecule has 1 amide bonds. The Balaban J connectivity index is 1.41. The smallest absolute Gasteiger partial charge is 0.253 e. The first kappa shape index (κ1) is 26.6. The lowest BCUT2D eigenvalue weighted by molar-refractivity contribution is 0.0698. The molecule has 0 aliphatic carbocycles. The van der Waals surface area contributed by atoms with Gasteiger partial charge < -0.3 is 9.32 Å². The summed E-state index contributed by atoms with van der Waals surface area (Å²) in [5.74, 6) is -1.29. The van der Waals surface area contributed by atoms with Crippen molar-refractivity contribution >= 4 is 15.9 Å². The van der Waals surface area contributed by atoms with Gasteiger partial charge in [-0.1, -0.05) is 35.9 Å². The molecule has 7 nitrogen and oxygen atoms in total. The van der Waals surface area contributed by atoms with Crippen LogP contribution in [0.4, 0.5) is 8.78 Å². The van der Waals surface area contributed by atoms with Crippen LogP contribution in [0.2, 0.25) is 0 Å². The van der Waals surface area contributed by atoms with Crippen LogP contribution in [-0.4, -0.2) is 41.3 Å². The minimum Gasteiger partial charge on any atom is -0.448 e. The summed E-state index contributed by atoms with van der Waals surface area (Å²) >= 11 is 0. The van der Waals surface area contributed by atoms with E-state index in [-0.39, 0.29) is 23.2 Å². The third kappa shape index (κ3) is 5.29. The zero-order valence-electron chi connectivity index (χ0n) is 21.3. The lowest BCUT2D eigenvalue weighted by atomic mass is 9.97. The molecule has 4 aromatic rings. The zero-order chi connectivity index (χ0) is 27.7. The highest BCUT2D eigenvalue weighted by atomic mass is 32.2. The maximum absolute atomic E-state index is 14.5. The van der Waals surface area contributed by atoms with E-state index in [1.165, 1.54) is 36.6 Å². The fraction of sp³-hybridized carbons (Fsp3) is 0.241. The molecule has 0 saturated carbocycles. The van der Waals surface area contributed by atoms with Crippen LogP contribution in [-0.2, 0) is 10.0 Å². The SMILES string of the molecule is C=CC(c1ccc(C)cc1)S(=O)(=O)n1cc(F)cc1-c1coc(C2CCCN(C(=O)c3ccc(F)cc3)C2)n1. The first-order valence-corrected chi connectivity index (χ1v) is 14.0. The summed E-state index contributed by atoms with van der Waals surface area (Å²) in [5, 5.41) is -1.11. The third-order valence-corrected chi connectivity index (χ3v) is 8.86. The van der Waals surface area contributed by atoms with Crippen LogP contribution in [0, 0.1) is 18.6 Å². The first-order chi connectivity index (χ1) is 18.7. The molecular weight excluding hydrogens is 524 g/mol. The van der Waals surface area contributed by atoms with Gasteiger partial charge in [0.25, 0.3) is 5.91 Å². The molecule has 2 aromatic carbocycles. The van der Waals surface area contributed by atoms with Gasteiger partial charge in [0.2, 0.25) is 10.0 Å². The van der Waals surface area contributed by atoms with Gasteiger partial charge in [-0.15, -0.1) is 6.58 Å². The van der Waals surface area contributed by atoms with Crippen molar-refractivity contribution in [3.63, 3.8) is 0 Å². The van der Waals surface area contributed by atoms with Gasteiger partial charge in [-0.3, -0.25) is 4.79 Å². The second-order valence-corrected chi connectivity index (χ2v) is 11.6. The normalized spacial score (nSPS) is 16.7. The van der Waals surface area contributed by atoms with E-state index in [9.17, 15) is 22.0 Å². The summed E-state index contributed by atoms with van der Waals surface area (Å²) in [5.41, 5.74) is 2.05. The van der Waals surface area contributed by atoms with Crippen LogP contribution < -0.4 is 0 Å². The number of hydrogen-bond donors (Lipinski definition) is 0. The molecule has 2 aromatic heterocycles. The monoisotopic (exact) mass is 551 g/mol. The predicted octanol–water partition coefficient (Wildman–Crippen LogP) is 5.85. The quantitative estimate of drug-likeness (QED) is 0.269. The van der Waals surface area contributed by atoms with Crippen molar-refractivity contribution in [3.05, 3.63) is 114 Å². The van der Waals surface area contributed by atoms with Crippen LogP contribution in [0.15, 0.2) is 84.1 Å². The molecule has 1 aliphatic rings. The molecule has 2 atom stereocenters. The van der Waals surface area contributed by atoms with Gasteiger partial charge in [0.05, 0.1) is 17.8 Å². The lowest BCUT2D eigenvalue weighted by Gasteiger charge is -2.31. The number of nitrogens with zero attached hydrogens (tertiary/aromatic N) is 3. The van der Waals surface area contributed by atoms with Crippen molar-refractivity contribution in [2.75, 3.05) is 13.1 Å². The van der Waals surface area contributed by atoms with Gasteiger partial charge in [-0.2, -0.15) is 0 Å². The first-order valence-electron chi connectivity index (χ1n) is 12.5. The maximum Gasteiger partial charge on any atom is 0.253 e. The Morgan fingerprint density at radius 3 is 2.54 bits per heavy atom. The molecule has 3 heterocycles. The number of amides is 1. The second kappa shape index (κ2) is 10.6. The summed E-state index contributed by atoms with van der Waals surface area (Å²) in [7, 11) is -4.15. The molecule has 5 rings (SSSR count). The summed E-state index contributed by atoms with van der Waals surface area (Å²) in [6, 6.07) is 13.5. The van der Waals surface area contributed by atoms with Gasteiger partial charge in [-0.05, 0) is 49.6 Å². The lowest BCUT2D eigenvalue weighted by Crippen LogP contribution is -2.39. The van der Waals surface area contributed by atoms with Crippen molar-refractivity contribution in [2.24, 2.45) is 0 Å². The number of benzene rings is 2. The highest BCUT2D eigenvalue weighted by molar-refractivity contribution is 7.90. The van der Waals surface area contributed by atoms with Crippen LogP contribution in [0.5, 0.6) is 0 Å². The van der Waals surface area contributed by atoms with E-state index in [0.717, 1.165) is 21.8 Å². The van der Waals surface area contributed by atoms with E-state index in [1.807, 2.05) is 6.92 Å². The summed E-state index contributed by atoms with van der Waals surface area (Å²) in [4.78, 5) is 19.1. The van der Waals surface area contributed by atoms with Crippen molar-refractivity contribution < 1.29 is 26.4 Å². The fourth-order valence-electron chi connectivity index (χ4n) is 4.85. The highest BCUT2D eigenvalue weighted by Crippen LogP contribution is 2.33. The average molecular weight is 552 g/mol. The minimum absolute atomic E-state index is 0.0246. The number of likely N-dealkylation sites (tertiary alicyclic amines) is 1. The molecule has 1 aliphatic heterocycles. The van der Waals surface area contributed by atoms with E-state index in [4.69, 9.17) is 4.42 Å². The summed E-state index contributed by atoms with van der Waals surface area (Å²) in [6.07, 6.45) is 4.92. The Hall–Kier alpha value is -4.05. The summed E-state index contributed by atoms with van der Waals surface area (Å²) < 4.78 is 61.6. The minimum atomic E-state index is -4.15. The number of carbonyl (C=O) groups is 1. The largest absolute Gasteiger partial charge is 0.448 e. The standard InChI is InChI=1S/C29H27F2N3O4S/c1-3-27(20-8-6-19(2)7-9-20)39(36,37)34-17-24(31)15-26(34)25-18-38-28(32-25)22-5-4-14-33(16-22)29(35)21-10-12-23(30)13-11-21/h3,6-13,15,17-18,22,27H,1,4-5,14,16H2,2H3. The Labute approximate surface area is 225 Å². The van der Waals surface area contributed by atoms with E-state index < -0.39 is 26.9 Å². The molecule has 1 saturated heterocycles. The van der Waals surface area contributed by atoms with Gasteiger partial charge in [0.1, 0.15) is 28.8 Å². The predicted molar refractivity (Wildman–Crippen MR) is 143 cm³/mol. The molecule has 10 heteroatoms. The van der Waals surface area contributed by atoms with Crippen LogP contribution in [0.3, 0.4) is 0 Å². The number of oxazole rings is 1. The van der Waals surface area contributed by atoms with Gasteiger partial charge >= 0.3 is 0 Å². The van der Waals surface area contributed by atoms with Crippen molar-refractivity contribution in [2.45, 2.75) is 30.9 Å². The van der Waals surface area contributed by atoms with Crippen molar-refractivity contribution in [3.8, 4) is 11.4 Å². The van der Waals surface area contributed by atoms with Crippen molar-refractivity contribution in [1.82, 2.24) is 13.9 Å². The Bertz CT molecular complexity index is 1610. The van der Waals surface area contributed by atoms with E-state index in [2.05, 4.69) is 11.6 Å². The molecule has 0 N–H and O–H groups in total. The molecule has 39 heavy (non-hydrogen) atoms. The number of halogens is 2. The molecule has 1 fully saturated rings. The number of rotatable bonds is 7. The zero-order valence-corrected chi connectivity index (χ0v) is 22.1. The average Bonchev–Trinajstić information content (AvgIpc) is 3.58. The van der Waals surface area contributed by atoms with Crippen LogP contribution >= 0.6 is 0 Å². The molecule has 0 spiro atoms. The topological polar surface area (TPSA) is 85.4 Å². The molecule has 0 bridgehead atoms. The number of piperidine rings is 1. The van der Waals surface area contributed by atoms with E-state index >= 15 is 0 Å². The number of aryl methyl sites for hydroxylation is 1. The summed E-state index contributed by atoms with van der Waals surface area (Å²) in [6.45, 7) is 6.46. The van der Waals surface area contributed by atoms with Crippen LogP contribution in [0.1, 0.15) is 51.4 Å². The van der Waals surface area contributed by atoms with Crippen molar-refractivity contribution in [1.29, 1.82) is 0 Å². The van der Waals surface area contributed by atoms with Gasteiger partial charge in [0, 0.05) is 24.7 Å². The number of hydrogen-bond acceptors (Lipinski definition) is 5. The second-order valence-electron chi connectivity index (χ2n) is 9.62. The highest BCUT2D eigenvalue weighted by Gasteiger charge is 2.32. The Morgan fingerprint density at radius 1 is 1.13 bits per heavy atom. The van der Waals surface area contributed by atoms with Gasteiger partial charge in [0.15, 0.2) is 5.89 Å². The van der Waals surface area contributed by atoms with E-state index in [1.54, 1.807) is 29.2 Å². The molecule has 2 unspecified atom stereocenters. The fourth-order valence-corrected chi connectivity index (χ4v) is 6.51. The van der Waals surface area contributed by atoms with Gasteiger partial charge in [-0.25, -0.2) is 26.2 Å². The third-order valence-electron chi connectivity index (χ3n) is 6.90. The Morgan fingerprint density at radius 2 is 1.85 bits per heavy atom. The van der Waals surface area contributed by atoms with E-state index in [0.29, 0.717) is 42.9 Å². The number of carbonyl (C=O) groups excluding carboxylic acids is 1. The molecular formula is C29H27F2N3O4S. The Kier molecular flexibility index (Phi) is 7.22. The molecule has 202 valence electrons. The molecule has 0 radical (unpaired) electrons. The van der Waals surface area contributed by atoms with Crippen LogP contribution in [0.25, 0.3) is 11.4 Å². The number of aromatic nitrogens is 2. The maximum atomic E-state index is 14.5.